The first kappa shape index (κ1) is 17.2. The molecule has 0 saturated heterocycles. The first-order valence-corrected chi connectivity index (χ1v) is 8.19. The van der Waals surface area contributed by atoms with Crippen LogP contribution in [0.25, 0.3) is 11.3 Å². The molecule has 126 valence electrons. The largest absolute Gasteiger partial charge is 0.289 e. The van der Waals surface area contributed by atoms with Gasteiger partial charge in [0.2, 0.25) is 0 Å². The Bertz CT molecular complexity index is 933. The van der Waals surface area contributed by atoms with E-state index >= 15 is 0 Å². The highest BCUT2D eigenvalue weighted by atomic mass is 35.5. The molecular formula is C18H14Cl2N4O. The Labute approximate surface area is 154 Å². The summed E-state index contributed by atoms with van der Waals surface area (Å²) >= 11 is 11.9. The zero-order valence-electron chi connectivity index (χ0n) is 13.3. The van der Waals surface area contributed by atoms with E-state index in [0.29, 0.717) is 27.0 Å². The molecule has 0 spiro atoms. The number of aromatic amines is 1. The van der Waals surface area contributed by atoms with Gasteiger partial charge in [-0.05, 0) is 25.1 Å². The first-order chi connectivity index (χ1) is 12.0. The summed E-state index contributed by atoms with van der Waals surface area (Å²) in [5.74, 6) is -0.396. The highest BCUT2D eigenvalue weighted by Crippen LogP contribution is 2.20. The second kappa shape index (κ2) is 7.51. The Kier molecular flexibility index (Phi) is 5.16. The summed E-state index contributed by atoms with van der Waals surface area (Å²) in [6.45, 7) is 2.01. The fraction of sp³-hybridized carbons (Fsp3) is 0.0556. The highest BCUT2D eigenvalue weighted by Gasteiger charge is 2.10. The van der Waals surface area contributed by atoms with E-state index in [1.54, 1.807) is 24.3 Å². The van der Waals surface area contributed by atoms with Gasteiger partial charge in [-0.2, -0.15) is 10.2 Å². The van der Waals surface area contributed by atoms with Crippen molar-refractivity contribution in [2.45, 2.75) is 6.92 Å². The van der Waals surface area contributed by atoms with E-state index < -0.39 is 5.91 Å². The van der Waals surface area contributed by atoms with Gasteiger partial charge in [0, 0.05) is 16.1 Å². The van der Waals surface area contributed by atoms with Crippen molar-refractivity contribution in [1.29, 1.82) is 0 Å². The number of nitrogens with one attached hydrogen (secondary N) is 2. The van der Waals surface area contributed by atoms with Crippen LogP contribution in [0, 0.1) is 6.92 Å². The first-order valence-electron chi connectivity index (χ1n) is 7.44. The smallest absolute Gasteiger partial charge is 0.272 e. The predicted molar refractivity (Wildman–Crippen MR) is 100 cm³/mol. The fourth-order valence-electron chi connectivity index (χ4n) is 2.14. The minimum Gasteiger partial charge on any atom is -0.272 e. The van der Waals surface area contributed by atoms with Gasteiger partial charge in [-0.1, -0.05) is 59.1 Å². The van der Waals surface area contributed by atoms with Crippen LogP contribution in [0.5, 0.6) is 0 Å². The molecule has 0 bridgehead atoms. The van der Waals surface area contributed by atoms with Crippen molar-refractivity contribution < 1.29 is 4.79 Å². The summed E-state index contributed by atoms with van der Waals surface area (Å²) in [5.41, 5.74) is 6.17. The lowest BCUT2D eigenvalue weighted by atomic mass is 10.1. The number of hydrogen-bond acceptors (Lipinski definition) is 3. The molecule has 0 fully saturated rings. The maximum absolute atomic E-state index is 12.1. The number of H-pyrrole nitrogens is 1. The Hall–Kier alpha value is -2.63. The molecule has 0 atom stereocenters. The van der Waals surface area contributed by atoms with Gasteiger partial charge in [-0.25, -0.2) is 5.43 Å². The van der Waals surface area contributed by atoms with Gasteiger partial charge in [-0.15, -0.1) is 0 Å². The summed E-state index contributed by atoms with van der Waals surface area (Å²) in [7, 11) is 0. The molecule has 0 aliphatic rings. The highest BCUT2D eigenvalue weighted by molar-refractivity contribution is 6.36. The van der Waals surface area contributed by atoms with Crippen molar-refractivity contribution in [2.75, 3.05) is 0 Å². The van der Waals surface area contributed by atoms with E-state index in [2.05, 4.69) is 20.7 Å². The average molecular weight is 373 g/mol. The van der Waals surface area contributed by atoms with Gasteiger partial charge in [-0.3, -0.25) is 9.89 Å². The van der Waals surface area contributed by atoms with Gasteiger partial charge >= 0.3 is 0 Å². The molecule has 0 aliphatic heterocycles. The third-order valence-electron chi connectivity index (χ3n) is 3.50. The van der Waals surface area contributed by atoms with Gasteiger partial charge in [0.05, 0.1) is 16.9 Å². The lowest BCUT2D eigenvalue weighted by Crippen LogP contribution is -2.18. The number of hydrazone groups is 1. The number of halogens is 2. The van der Waals surface area contributed by atoms with Crippen molar-refractivity contribution in [3.05, 3.63) is 75.4 Å². The summed E-state index contributed by atoms with van der Waals surface area (Å²) in [5, 5.41) is 11.7. The summed E-state index contributed by atoms with van der Waals surface area (Å²) in [6.07, 6.45) is 1.45. The fourth-order valence-corrected chi connectivity index (χ4v) is 2.59. The van der Waals surface area contributed by atoms with E-state index in [1.807, 2.05) is 31.2 Å². The van der Waals surface area contributed by atoms with Crippen molar-refractivity contribution in [3.8, 4) is 11.3 Å². The Morgan fingerprint density at radius 3 is 2.64 bits per heavy atom. The monoisotopic (exact) mass is 372 g/mol. The normalized spacial score (nSPS) is 11.0. The maximum atomic E-state index is 12.1. The number of nitrogens with zero attached hydrogens (tertiary/aromatic N) is 2. The number of aryl methyl sites for hydroxylation is 1. The number of carbonyl (C=O) groups excluding carboxylic acids is 1. The van der Waals surface area contributed by atoms with Crippen LogP contribution < -0.4 is 5.43 Å². The molecule has 0 aliphatic carbocycles. The predicted octanol–water partition coefficient (Wildman–Crippen LogP) is 4.46. The number of carbonyl (C=O) groups is 1. The lowest BCUT2D eigenvalue weighted by Gasteiger charge is -1.99. The Morgan fingerprint density at radius 2 is 1.92 bits per heavy atom. The van der Waals surface area contributed by atoms with E-state index in [-0.39, 0.29) is 0 Å². The SMILES string of the molecule is Cc1ccc(-c2cc(C(=O)NN=Cc3ccc(Cl)cc3Cl)[nH]n2)cc1. The van der Waals surface area contributed by atoms with Gasteiger partial charge < -0.3 is 0 Å². The van der Waals surface area contributed by atoms with Crippen molar-refractivity contribution in [1.82, 2.24) is 15.6 Å². The van der Waals surface area contributed by atoms with Gasteiger partial charge in [0.1, 0.15) is 5.69 Å². The zero-order valence-corrected chi connectivity index (χ0v) is 14.8. The molecule has 0 radical (unpaired) electrons. The van der Waals surface area contributed by atoms with Crippen LogP contribution in [-0.4, -0.2) is 22.3 Å². The molecule has 1 heterocycles. The van der Waals surface area contributed by atoms with Gasteiger partial charge in [0.25, 0.3) is 5.91 Å². The molecule has 7 heteroatoms. The van der Waals surface area contributed by atoms with Crippen LogP contribution in [-0.2, 0) is 0 Å². The van der Waals surface area contributed by atoms with Crippen LogP contribution in [0.4, 0.5) is 0 Å². The number of amides is 1. The Morgan fingerprint density at radius 1 is 1.16 bits per heavy atom. The van der Waals surface area contributed by atoms with E-state index in [4.69, 9.17) is 23.2 Å². The number of benzene rings is 2. The molecule has 2 aromatic carbocycles. The second-order valence-electron chi connectivity index (χ2n) is 5.40. The quantitative estimate of drug-likeness (QED) is 0.524. The van der Waals surface area contributed by atoms with Crippen LogP contribution in [0.15, 0.2) is 53.6 Å². The van der Waals surface area contributed by atoms with Crippen LogP contribution in [0.1, 0.15) is 21.6 Å². The van der Waals surface area contributed by atoms with E-state index in [0.717, 1.165) is 11.1 Å². The van der Waals surface area contributed by atoms with E-state index in [1.165, 1.54) is 6.21 Å². The average Bonchev–Trinajstić information content (AvgIpc) is 3.07. The van der Waals surface area contributed by atoms with E-state index in [9.17, 15) is 4.79 Å². The van der Waals surface area contributed by atoms with Gasteiger partial charge in [0.15, 0.2) is 0 Å². The molecule has 25 heavy (non-hydrogen) atoms. The summed E-state index contributed by atoms with van der Waals surface area (Å²) in [6, 6.07) is 14.6. The molecule has 0 unspecified atom stereocenters. The summed E-state index contributed by atoms with van der Waals surface area (Å²) < 4.78 is 0. The van der Waals surface area contributed by atoms with Crippen LogP contribution in [0.2, 0.25) is 10.0 Å². The minimum absolute atomic E-state index is 0.315. The molecule has 0 saturated carbocycles. The van der Waals surface area contributed by atoms with Crippen molar-refractivity contribution in [2.24, 2.45) is 5.10 Å². The lowest BCUT2D eigenvalue weighted by molar-refractivity contribution is 0.0950. The second-order valence-corrected chi connectivity index (χ2v) is 6.24. The number of rotatable bonds is 4. The minimum atomic E-state index is -0.396. The van der Waals surface area contributed by atoms with Crippen LogP contribution in [0.3, 0.4) is 0 Å². The third kappa shape index (κ3) is 4.26. The molecule has 1 amide bonds. The standard InChI is InChI=1S/C18H14Cl2N4O/c1-11-2-4-12(5-3-11)16-9-17(23-22-16)18(25)24-21-10-13-6-7-14(19)8-15(13)20/h2-10H,1H3,(H,22,23)(H,24,25). The number of hydrogen-bond donors (Lipinski definition) is 2. The molecule has 5 nitrogen and oxygen atoms in total. The topological polar surface area (TPSA) is 70.1 Å². The summed E-state index contributed by atoms with van der Waals surface area (Å²) in [4.78, 5) is 12.1. The molecule has 1 aromatic heterocycles. The number of aromatic nitrogens is 2. The Balaban J connectivity index is 1.67. The maximum Gasteiger partial charge on any atom is 0.289 e. The molecular weight excluding hydrogens is 359 g/mol. The molecule has 3 rings (SSSR count). The molecule has 2 N–H and O–H groups in total. The van der Waals surface area contributed by atoms with Crippen molar-refractivity contribution in [3.63, 3.8) is 0 Å². The molecule has 3 aromatic rings. The third-order valence-corrected chi connectivity index (χ3v) is 4.06. The van der Waals surface area contributed by atoms with Crippen molar-refractivity contribution >= 4 is 35.3 Å². The zero-order chi connectivity index (χ0) is 17.8. The van der Waals surface area contributed by atoms with Crippen LogP contribution >= 0.6 is 23.2 Å².